The van der Waals surface area contributed by atoms with Crippen molar-refractivity contribution in [2.75, 3.05) is 20.6 Å². The highest BCUT2D eigenvalue weighted by Crippen LogP contribution is 2.15. The van der Waals surface area contributed by atoms with Gasteiger partial charge in [0.05, 0.1) is 0 Å². The molecule has 1 aromatic carbocycles. The van der Waals surface area contributed by atoms with E-state index in [1.54, 1.807) is 0 Å². The van der Waals surface area contributed by atoms with Gasteiger partial charge in [0.15, 0.2) is 0 Å². The topological polar surface area (TPSA) is 24.1 Å². The molecule has 0 amide bonds. The first kappa shape index (κ1) is 10.2. The van der Waals surface area contributed by atoms with Gasteiger partial charge in [-0.3, -0.25) is 0 Å². The molecule has 2 N–H and O–H groups in total. The molecule has 0 saturated heterocycles. The van der Waals surface area contributed by atoms with Crippen molar-refractivity contribution >= 4 is 0 Å². The van der Waals surface area contributed by atoms with Crippen LogP contribution < -0.4 is 10.6 Å². The lowest BCUT2D eigenvalue weighted by Gasteiger charge is -2.18. The average Bonchev–Trinajstić information content (AvgIpc) is 2.16. The third kappa shape index (κ3) is 2.54. The average molecular weight is 178 g/mol. The van der Waals surface area contributed by atoms with Crippen LogP contribution in [0.25, 0.3) is 0 Å². The molecule has 72 valence electrons. The summed E-state index contributed by atoms with van der Waals surface area (Å²) in [5.74, 6) is 0. The van der Waals surface area contributed by atoms with Crippen molar-refractivity contribution in [1.29, 1.82) is 0 Å². The number of aryl methyl sites for hydroxylation is 1. The summed E-state index contributed by atoms with van der Waals surface area (Å²) >= 11 is 0. The molecule has 2 heteroatoms. The molecule has 0 fully saturated rings. The molecule has 0 heterocycles. The number of hydrogen-bond donors (Lipinski definition) is 2. The Labute approximate surface area is 80.4 Å². The Morgan fingerprint density at radius 1 is 1.23 bits per heavy atom. The molecule has 13 heavy (non-hydrogen) atoms. The standard InChI is InChI=1S/C11H18N2/c1-9-6-4-5-7-10(9)11(13-3)8-12-2/h4-7,11-13H,8H2,1-3H3. The van der Waals surface area contributed by atoms with Gasteiger partial charge in [-0.15, -0.1) is 0 Å². The van der Waals surface area contributed by atoms with Gasteiger partial charge in [-0.2, -0.15) is 0 Å². The first-order valence-electron chi connectivity index (χ1n) is 4.67. The highest BCUT2D eigenvalue weighted by Gasteiger charge is 2.08. The van der Waals surface area contributed by atoms with Gasteiger partial charge in [0.1, 0.15) is 0 Å². The lowest BCUT2D eigenvalue weighted by molar-refractivity contribution is 0.556. The zero-order valence-electron chi connectivity index (χ0n) is 8.59. The predicted octanol–water partition coefficient (Wildman–Crippen LogP) is 1.47. The van der Waals surface area contributed by atoms with Crippen LogP contribution in [0.3, 0.4) is 0 Å². The normalized spacial score (nSPS) is 12.8. The Morgan fingerprint density at radius 3 is 2.46 bits per heavy atom. The molecular weight excluding hydrogens is 160 g/mol. The van der Waals surface area contributed by atoms with Gasteiger partial charge < -0.3 is 10.6 Å². The largest absolute Gasteiger partial charge is 0.318 e. The minimum atomic E-state index is 0.409. The van der Waals surface area contributed by atoms with Crippen LogP contribution in [0.4, 0.5) is 0 Å². The lowest BCUT2D eigenvalue weighted by atomic mass is 10.0. The van der Waals surface area contributed by atoms with Crippen LogP contribution in [0.15, 0.2) is 24.3 Å². The summed E-state index contributed by atoms with van der Waals surface area (Å²) in [6.07, 6.45) is 0. The molecule has 0 aliphatic carbocycles. The van der Waals surface area contributed by atoms with Crippen LogP contribution in [-0.4, -0.2) is 20.6 Å². The summed E-state index contributed by atoms with van der Waals surface area (Å²) in [4.78, 5) is 0. The molecule has 0 saturated carbocycles. The fourth-order valence-corrected chi connectivity index (χ4v) is 1.55. The SMILES string of the molecule is CNCC(NC)c1ccccc1C. The van der Waals surface area contributed by atoms with Gasteiger partial charge in [0, 0.05) is 12.6 Å². The van der Waals surface area contributed by atoms with E-state index in [2.05, 4.69) is 41.8 Å². The monoisotopic (exact) mass is 178 g/mol. The van der Waals surface area contributed by atoms with Crippen molar-refractivity contribution in [2.24, 2.45) is 0 Å². The van der Waals surface area contributed by atoms with Crippen molar-refractivity contribution in [1.82, 2.24) is 10.6 Å². The van der Waals surface area contributed by atoms with Crippen LogP contribution in [0.1, 0.15) is 17.2 Å². The Morgan fingerprint density at radius 2 is 1.92 bits per heavy atom. The smallest absolute Gasteiger partial charge is 0.0446 e. The molecule has 1 atom stereocenters. The minimum Gasteiger partial charge on any atom is -0.318 e. The highest BCUT2D eigenvalue weighted by molar-refractivity contribution is 5.28. The van der Waals surface area contributed by atoms with Crippen LogP contribution in [0.2, 0.25) is 0 Å². The fraction of sp³-hybridized carbons (Fsp3) is 0.455. The lowest BCUT2D eigenvalue weighted by Crippen LogP contribution is -2.27. The van der Waals surface area contributed by atoms with E-state index in [0.29, 0.717) is 6.04 Å². The Bertz CT molecular complexity index is 258. The number of benzene rings is 1. The van der Waals surface area contributed by atoms with Gasteiger partial charge in [0.2, 0.25) is 0 Å². The molecular formula is C11H18N2. The van der Waals surface area contributed by atoms with E-state index >= 15 is 0 Å². The Kier molecular flexibility index (Phi) is 3.93. The van der Waals surface area contributed by atoms with E-state index in [4.69, 9.17) is 0 Å². The van der Waals surface area contributed by atoms with Crippen molar-refractivity contribution in [2.45, 2.75) is 13.0 Å². The third-order valence-electron chi connectivity index (χ3n) is 2.32. The number of hydrogen-bond acceptors (Lipinski definition) is 2. The number of likely N-dealkylation sites (N-methyl/N-ethyl adjacent to an activating group) is 2. The molecule has 0 aliphatic heterocycles. The van der Waals surface area contributed by atoms with Crippen molar-refractivity contribution in [3.05, 3.63) is 35.4 Å². The van der Waals surface area contributed by atoms with Gasteiger partial charge in [0.25, 0.3) is 0 Å². The van der Waals surface area contributed by atoms with E-state index in [-0.39, 0.29) is 0 Å². The van der Waals surface area contributed by atoms with Crippen LogP contribution in [0, 0.1) is 6.92 Å². The van der Waals surface area contributed by atoms with Gasteiger partial charge in [-0.1, -0.05) is 24.3 Å². The summed E-state index contributed by atoms with van der Waals surface area (Å²) in [5.41, 5.74) is 2.72. The maximum Gasteiger partial charge on any atom is 0.0446 e. The molecule has 2 nitrogen and oxygen atoms in total. The summed E-state index contributed by atoms with van der Waals surface area (Å²) < 4.78 is 0. The van der Waals surface area contributed by atoms with Gasteiger partial charge in [-0.25, -0.2) is 0 Å². The zero-order chi connectivity index (χ0) is 9.68. The van der Waals surface area contributed by atoms with Crippen LogP contribution in [0.5, 0.6) is 0 Å². The van der Waals surface area contributed by atoms with E-state index < -0.39 is 0 Å². The second-order valence-electron chi connectivity index (χ2n) is 3.26. The van der Waals surface area contributed by atoms with E-state index in [1.165, 1.54) is 11.1 Å². The van der Waals surface area contributed by atoms with Crippen molar-refractivity contribution in [3.63, 3.8) is 0 Å². The maximum atomic E-state index is 3.30. The van der Waals surface area contributed by atoms with Gasteiger partial charge >= 0.3 is 0 Å². The number of rotatable bonds is 4. The minimum absolute atomic E-state index is 0.409. The first-order chi connectivity index (χ1) is 6.29. The van der Waals surface area contributed by atoms with Crippen molar-refractivity contribution in [3.8, 4) is 0 Å². The van der Waals surface area contributed by atoms with Crippen molar-refractivity contribution < 1.29 is 0 Å². The summed E-state index contributed by atoms with van der Waals surface area (Å²) in [6, 6.07) is 8.89. The first-order valence-corrected chi connectivity index (χ1v) is 4.67. The van der Waals surface area contributed by atoms with Crippen LogP contribution in [-0.2, 0) is 0 Å². The molecule has 0 spiro atoms. The molecule has 1 rings (SSSR count). The zero-order valence-corrected chi connectivity index (χ0v) is 8.59. The molecule has 1 unspecified atom stereocenters. The van der Waals surface area contributed by atoms with E-state index in [9.17, 15) is 0 Å². The van der Waals surface area contributed by atoms with E-state index in [0.717, 1.165) is 6.54 Å². The van der Waals surface area contributed by atoms with E-state index in [1.807, 2.05) is 14.1 Å². The molecule has 0 radical (unpaired) electrons. The summed E-state index contributed by atoms with van der Waals surface area (Å²) in [6.45, 7) is 3.11. The molecule has 0 aromatic heterocycles. The summed E-state index contributed by atoms with van der Waals surface area (Å²) in [7, 11) is 3.97. The van der Waals surface area contributed by atoms with Gasteiger partial charge in [-0.05, 0) is 32.1 Å². The molecule has 1 aromatic rings. The summed E-state index contributed by atoms with van der Waals surface area (Å²) in [5, 5.41) is 6.48. The third-order valence-corrected chi connectivity index (χ3v) is 2.32. The second kappa shape index (κ2) is 5.00. The second-order valence-corrected chi connectivity index (χ2v) is 3.26. The Hall–Kier alpha value is -0.860. The Balaban J connectivity index is 2.84. The van der Waals surface area contributed by atoms with Crippen LogP contribution >= 0.6 is 0 Å². The molecule has 0 bridgehead atoms. The maximum absolute atomic E-state index is 3.30. The quantitative estimate of drug-likeness (QED) is 0.729. The molecule has 0 aliphatic rings. The fourth-order valence-electron chi connectivity index (χ4n) is 1.55. The number of nitrogens with one attached hydrogen (secondary N) is 2. The highest BCUT2D eigenvalue weighted by atomic mass is 14.9. The predicted molar refractivity (Wildman–Crippen MR) is 56.9 cm³/mol.